The van der Waals surface area contributed by atoms with Crippen molar-refractivity contribution in [3.05, 3.63) is 0 Å². The normalized spacial score (nSPS) is 23.8. The minimum absolute atomic E-state index is 0.248. The SMILES string of the molecule is CC1CCCCN1C(=O)OCO. The molecular formula is C8H15NO3. The Morgan fingerprint density at radius 1 is 1.67 bits per heavy atom. The average molecular weight is 173 g/mol. The number of rotatable bonds is 1. The van der Waals surface area contributed by atoms with Crippen molar-refractivity contribution in [3.63, 3.8) is 0 Å². The van der Waals surface area contributed by atoms with Gasteiger partial charge in [0.2, 0.25) is 0 Å². The number of aliphatic hydroxyl groups excluding tert-OH is 1. The first-order valence-corrected chi connectivity index (χ1v) is 4.30. The summed E-state index contributed by atoms with van der Waals surface area (Å²) in [7, 11) is 0. The molecule has 1 aliphatic heterocycles. The molecule has 0 saturated carbocycles. The number of hydrogen-bond donors (Lipinski definition) is 1. The third kappa shape index (κ3) is 2.11. The molecule has 1 unspecified atom stereocenters. The highest BCUT2D eigenvalue weighted by molar-refractivity contribution is 5.67. The van der Waals surface area contributed by atoms with Crippen molar-refractivity contribution in [2.45, 2.75) is 32.2 Å². The standard InChI is InChI=1S/C8H15NO3/c1-7-4-2-3-5-9(7)8(11)12-6-10/h7,10H,2-6H2,1H3. The van der Waals surface area contributed by atoms with Gasteiger partial charge in [0.25, 0.3) is 0 Å². The second-order valence-corrected chi connectivity index (χ2v) is 3.08. The Bertz CT molecular complexity index is 160. The van der Waals surface area contributed by atoms with Crippen LogP contribution in [0.1, 0.15) is 26.2 Å². The number of hydrogen-bond acceptors (Lipinski definition) is 3. The number of piperidine rings is 1. The monoisotopic (exact) mass is 173 g/mol. The molecule has 1 saturated heterocycles. The van der Waals surface area contributed by atoms with Crippen molar-refractivity contribution >= 4 is 6.09 Å². The predicted octanol–water partition coefficient (Wildman–Crippen LogP) is 0.947. The van der Waals surface area contributed by atoms with E-state index in [2.05, 4.69) is 4.74 Å². The first-order valence-electron chi connectivity index (χ1n) is 4.30. The summed E-state index contributed by atoms with van der Waals surface area (Å²) in [5, 5.41) is 8.38. The Hall–Kier alpha value is -0.770. The van der Waals surface area contributed by atoms with Crippen molar-refractivity contribution in [1.29, 1.82) is 0 Å². The molecule has 1 aliphatic rings. The minimum atomic E-state index is -0.526. The summed E-state index contributed by atoms with van der Waals surface area (Å²) in [4.78, 5) is 12.8. The Morgan fingerprint density at radius 2 is 2.42 bits per heavy atom. The number of carbonyl (C=O) groups is 1. The van der Waals surface area contributed by atoms with Crippen LogP contribution in [0.15, 0.2) is 0 Å². The molecule has 0 bridgehead atoms. The van der Waals surface area contributed by atoms with E-state index in [1.807, 2.05) is 6.92 Å². The summed E-state index contributed by atoms with van der Waals surface area (Å²) in [6.07, 6.45) is 2.83. The number of likely N-dealkylation sites (tertiary alicyclic amines) is 1. The molecule has 12 heavy (non-hydrogen) atoms. The summed E-state index contributed by atoms with van der Waals surface area (Å²) >= 11 is 0. The van der Waals surface area contributed by atoms with Gasteiger partial charge in [-0.3, -0.25) is 0 Å². The van der Waals surface area contributed by atoms with Gasteiger partial charge < -0.3 is 14.7 Å². The van der Waals surface area contributed by atoms with Crippen molar-refractivity contribution in [3.8, 4) is 0 Å². The average Bonchev–Trinajstić information content (AvgIpc) is 2.05. The van der Waals surface area contributed by atoms with Crippen molar-refractivity contribution in [2.75, 3.05) is 13.3 Å². The molecule has 1 N–H and O–H groups in total. The lowest BCUT2D eigenvalue weighted by atomic mass is 10.0. The molecule has 0 aromatic rings. The van der Waals surface area contributed by atoms with Gasteiger partial charge in [0, 0.05) is 12.6 Å². The fraction of sp³-hybridized carbons (Fsp3) is 0.875. The van der Waals surface area contributed by atoms with Crippen LogP contribution in [0.3, 0.4) is 0 Å². The highest BCUT2D eigenvalue weighted by Crippen LogP contribution is 2.16. The molecule has 1 rings (SSSR count). The number of carbonyl (C=O) groups excluding carboxylic acids is 1. The molecule has 0 radical (unpaired) electrons. The van der Waals surface area contributed by atoms with Gasteiger partial charge >= 0.3 is 6.09 Å². The Kier molecular flexibility index (Phi) is 3.34. The topological polar surface area (TPSA) is 49.8 Å². The fourth-order valence-electron chi connectivity index (χ4n) is 1.51. The second kappa shape index (κ2) is 4.30. The van der Waals surface area contributed by atoms with Crippen LogP contribution in [0.4, 0.5) is 4.79 Å². The van der Waals surface area contributed by atoms with E-state index in [9.17, 15) is 4.79 Å². The zero-order valence-electron chi connectivity index (χ0n) is 7.32. The van der Waals surface area contributed by atoms with Gasteiger partial charge in [0.1, 0.15) is 0 Å². The van der Waals surface area contributed by atoms with Crippen LogP contribution in [-0.4, -0.2) is 35.5 Å². The van der Waals surface area contributed by atoms with E-state index in [1.165, 1.54) is 6.42 Å². The number of amides is 1. The van der Waals surface area contributed by atoms with E-state index >= 15 is 0 Å². The van der Waals surface area contributed by atoms with Crippen LogP contribution >= 0.6 is 0 Å². The van der Waals surface area contributed by atoms with Crippen LogP contribution in [0.2, 0.25) is 0 Å². The van der Waals surface area contributed by atoms with Gasteiger partial charge in [-0.05, 0) is 26.2 Å². The third-order valence-corrected chi connectivity index (χ3v) is 2.23. The number of aliphatic hydroxyl groups is 1. The second-order valence-electron chi connectivity index (χ2n) is 3.08. The van der Waals surface area contributed by atoms with Gasteiger partial charge in [-0.15, -0.1) is 0 Å². The summed E-state index contributed by atoms with van der Waals surface area (Å²) < 4.78 is 4.49. The van der Waals surface area contributed by atoms with Crippen LogP contribution in [0.25, 0.3) is 0 Å². The molecule has 1 amide bonds. The molecule has 1 heterocycles. The molecule has 1 atom stereocenters. The molecule has 0 spiro atoms. The molecule has 70 valence electrons. The van der Waals surface area contributed by atoms with E-state index in [-0.39, 0.29) is 6.04 Å². The molecule has 0 aromatic carbocycles. The van der Waals surface area contributed by atoms with Crippen molar-refractivity contribution in [1.82, 2.24) is 4.90 Å². The summed E-state index contributed by atoms with van der Waals surface area (Å²) in [5.41, 5.74) is 0. The first kappa shape index (κ1) is 9.32. The number of ether oxygens (including phenoxy) is 1. The van der Waals surface area contributed by atoms with Gasteiger partial charge in [-0.1, -0.05) is 0 Å². The van der Waals surface area contributed by atoms with E-state index in [1.54, 1.807) is 4.90 Å². The summed E-state index contributed by atoms with van der Waals surface area (Å²) in [6.45, 7) is 2.22. The maximum atomic E-state index is 11.2. The van der Waals surface area contributed by atoms with Gasteiger partial charge in [0.15, 0.2) is 6.79 Å². The molecule has 0 aromatic heterocycles. The largest absolute Gasteiger partial charge is 0.422 e. The zero-order chi connectivity index (χ0) is 8.97. The highest BCUT2D eigenvalue weighted by Gasteiger charge is 2.23. The van der Waals surface area contributed by atoms with Crippen molar-refractivity contribution in [2.24, 2.45) is 0 Å². The summed E-state index contributed by atoms with van der Waals surface area (Å²) in [6, 6.07) is 0.248. The minimum Gasteiger partial charge on any atom is -0.422 e. The highest BCUT2D eigenvalue weighted by atomic mass is 16.6. The lowest BCUT2D eigenvalue weighted by Crippen LogP contribution is -2.42. The van der Waals surface area contributed by atoms with E-state index in [0.717, 1.165) is 19.4 Å². The quantitative estimate of drug-likeness (QED) is 0.600. The lowest BCUT2D eigenvalue weighted by molar-refractivity contribution is 0.0112. The first-order chi connectivity index (χ1) is 5.75. The van der Waals surface area contributed by atoms with Gasteiger partial charge in [-0.25, -0.2) is 4.79 Å². The maximum absolute atomic E-state index is 11.2. The summed E-state index contributed by atoms with van der Waals surface area (Å²) in [5.74, 6) is 0. The molecule has 1 fully saturated rings. The van der Waals surface area contributed by atoms with Gasteiger partial charge in [-0.2, -0.15) is 0 Å². The smallest absolute Gasteiger partial charge is 0.412 e. The van der Waals surface area contributed by atoms with Crippen LogP contribution in [0.5, 0.6) is 0 Å². The van der Waals surface area contributed by atoms with Gasteiger partial charge in [0.05, 0.1) is 0 Å². The zero-order valence-corrected chi connectivity index (χ0v) is 7.32. The van der Waals surface area contributed by atoms with E-state index in [4.69, 9.17) is 5.11 Å². The van der Waals surface area contributed by atoms with Crippen molar-refractivity contribution < 1.29 is 14.6 Å². The lowest BCUT2D eigenvalue weighted by Gasteiger charge is -2.32. The van der Waals surface area contributed by atoms with E-state index in [0.29, 0.717) is 0 Å². The third-order valence-electron chi connectivity index (χ3n) is 2.23. The molecule has 4 nitrogen and oxygen atoms in total. The van der Waals surface area contributed by atoms with Crippen LogP contribution in [0, 0.1) is 0 Å². The van der Waals surface area contributed by atoms with E-state index < -0.39 is 12.9 Å². The molecule has 4 heteroatoms. The predicted molar refractivity (Wildman–Crippen MR) is 43.6 cm³/mol. The Labute approximate surface area is 72.1 Å². The van der Waals surface area contributed by atoms with Crippen LogP contribution < -0.4 is 0 Å². The molecule has 0 aliphatic carbocycles. The molecular weight excluding hydrogens is 158 g/mol. The Balaban J connectivity index is 2.42. The number of nitrogens with zero attached hydrogens (tertiary/aromatic N) is 1. The maximum Gasteiger partial charge on any atom is 0.412 e. The Morgan fingerprint density at radius 3 is 3.00 bits per heavy atom. The van der Waals surface area contributed by atoms with Crippen LogP contribution in [-0.2, 0) is 4.74 Å². The fourth-order valence-corrected chi connectivity index (χ4v) is 1.51.